The lowest BCUT2D eigenvalue weighted by Crippen LogP contribution is -2.49. The Morgan fingerprint density at radius 3 is 2.11 bits per heavy atom. The van der Waals surface area contributed by atoms with Crippen LogP contribution in [-0.2, 0) is 19.1 Å². The molecule has 1 N–H and O–H groups in total. The Kier molecular flexibility index (Phi) is 4.28. The molecule has 7 heteroatoms. The normalized spacial score (nSPS) is 17.4. The summed E-state index contributed by atoms with van der Waals surface area (Å²) in [6.07, 6.45) is -0.708. The molecule has 1 fully saturated rings. The molecule has 0 spiro atoms. The van der Waals surface area contributed by atoms with Gasteiger partial charge in [0.15, 0.2) is 0 Å². The van der Waals surface area contributed by atoms with Crippen LogP contribution in [0.5, 0.6) is 0 Å². The van der Waals surface area contributed by atoms with Crippen molar-refractivity contribution in [1.82, 2.24) is 10.2 Å². The summed E-state index contributed by atoms with van der Waals surface area (Å²) in [4.78, 5) is 46.7. The maximum Gasteiger partial charge on any atom is 0.408 e. The smallest absolute Gasteiger partial charge is 0.408 e. The van der Waals surface area contributed by atoms with Crippen LogP contribution in [0.25, 0.3) is 0 Å². The molecule has 0 aromatic rings. The second-order valence-corrected chi connectivity index (χ2v) is 5.33. The Morgan fingerprint density at radius 2 is 1.68 bits per heavy atom. The van der Waals surface area contributed by atoms with Gasteiger partial charge in [0, 0.05) is 12.8 Å². The zero-order valence-corrected chi connectivity index (χ0v) is 11.5. The number of rotatable bonds is 2. The average Bonchev–Trinajstić information content (AvgIpc) is 2.54. The van der Waals surface area contributed by atoms with Crippen molar-refractivity contribution in [1.29, 1.82) is 0 Å². The van der Waals surface area contributed by atoms with Gasteiger partial charge < -0.3 is 10.1 Å². The van der Waals surface area contributed by atoms with E-state index in [1.165, 1.54) is 6.92 Å². The highest BCUT2D eigenvalue weighted by Gasteiger charge is 2.37. The van der Waals surface area contributed by atoms with Gasteiger partial charge in [-0.25, -0.2) is 9.69 Å². The van der Waals surface area contributed by atoms with Crippen molar-refractivity contribution in [2.75, 3.05) is 0 Å². The fraction of sp³-hybridized carbons (Fsp3) is 0.667. The van der Waals surface area contributed by atoms with Crippen molar-refractivity contribution in [3.63, 3.8) is 0 Å². The highest BCUT2D eigenvalue weighted by molar-refractivity contribution is 6.16. The number of imide groups is 3. The van der Waals surface area contributed by atoms with Crippen LogP contribution in [0.3, 0.4) is 0 Å². The zero-order valence-electron chi connectivity index (χ0n) is 11.5. The van der Waals surface area contributed by atoms with Crippen molar-refractivity contribution in [2.24, 2.45) is 0 Å². The second kappa shape index (κ2) is 5.38. The van der Waals surface area contributed by atoms with E-state index in [4.69, 9.17) is 4.74 Å². The molecule has 19 heavy (non-hydrogen) atoms. The number of hydrogen-bond donors (Lipinski definition) is 1. The minimum atomic E-state index is -0.999. The van der Waals surface area contributed by atoms with Crippen LogP contribution >= 0.6 is 0 Å². The number of likely N-dealkylation sites (tertiary alicyclic amines) is 1. The van der Waals surface area contributed by atoms with Crippen LogP contribution in [0.15, 0.2) is 0 Å². The first-order valence-electron chi connectivity index (χ1n) is 6.01. The van der Waals surface area contributed by atoms with Gasteiger partial charge in [0.1, 0.15) is 11.6 Å². The maximum absolute atomic E-state index is 11.9. The van der Waals surface area contributed by atoms with Crippen LogP contribution in [0.2, 0.25) is 0 Å². The van der Waals surface area contributed by atoms with Gasteiger partial charge in [-0.2, -0.15) is 0 Å². The predicted molar refractivity (Wildman–Crippen MR) is 64.9 cm³/mol. The first kappa shape index (κ1) is 15.1. The van der Waals surface area contributed by atoms with Crippen molar-refractivity contribution < 1.29 is 23.9 Å². The largest absolute Gasteiger partial charge is 0.444 e. The first-order valence-corrected chi connectivity index (χ1v) is 6.01. The summed E-state index contributed by atoms with van der Waals surface area (Å²) >= 11 is 0. The second-order valence-electron chi connectivity index (χ2n) is 5.33. The van der Waals surface area contributed by atoms with Crippen molar-refractivity contribution in [2.45, 2.75) is 52.2 Å². The third-order valence-electron chi connectivity index (χ3n) is 2.38. The molecule has 0 radical (unpaired) electrons. The standard InChI is InChI=1S/C12H18N2O5/c1-7(13-11(18)19-12(2,3)4)10(17)14-8(15)5-6-9(14)16/h7H,5-6H2,1-4H3,(H,13,18)/t7-/m0/s1. The predicted octanol–water partition coefficient (Wildman–Crippen LogP) is 0.575. The monoisotopic (exact) mass is 270 g/mol. The Hall–Kier alpha value is -1.92. The minimum absolute atomic E-state index is 0.0315. The number of ether oxygens (including phenoxy) is 1. The Labute approximate surface area is 111 Å². The number of alkyl carbamates (subject to hydrolysis) is 1. The van der Waals surface area contributed by atoms with Crippen LogP contribution < -0.4 is 5.32 Å². The SMILES string of the molecule is C[C@H](NC(=O)OC(C)(C)C)C(=O)N1C(=O)CCC1=O. The summed E-state index contributed by atoms with van der Waals surface area (Å²) < 4.78 is 4.98. The molecule has 1 rings (SSSR count). The van der Waals surface area contributed by atoms with Crippen LogP contribution in [0.4, 0.5) is 4.79 Å². The zero-order chi connectivity index (χ0) is 14.8. The van der Waals surface area contributed by atoms with E-state index < -0.39 is 35.5 Å². The third kappa shape index (κ3) is 4.04. The highest BCUT2D eigenvalue weighted by atomic mass is 16.6. The Balaban J connectivity index is 2.61. The summed E-state index contributed by atoms with van der Waals surface area (Å²) in [5, 5.41) is 2.30. The molecule has 1 saturated heterocycles. The molecule has 0 aliphatic carbocycles. The van der Waals surface area contributed by atoms with E-state index in [9.17, 15) is 19.2 Å². The molecule has 1 aliphatic heterocycles. The van der Waals surface area contributed by atoms with Crippen molar-refractivity contribution in [3.05, 3.63) is 0 Å². The van der Waals surface area contributed by atoms with Crippen LogP contribution in [0.1, 0.15) is 40.5 Å². The molecular formula is C12H18N2O5. The van der Waals surface area contributed by atoms with E-state index >= 15 is 0 Å². The molecule has 7 nitrogen and oxygen atoms in total. The lowest BCUT2D eigenvalue weighted by Gasteiger charge is -2.22. The fourth-order valence-electron chi connectivity index (χ4n) is 1.56. The van der Waals surface area contributed by atoms with Crippen LogP contribution in [0, 0.1) is 0 Å². The average molecular weight is 270 g/mol. The van der Waals surface area contributed by atoms with Crippen molar-refractivity contribution in [3.8, 4) is 0 Å². The van der Waals surface area contributed by atoms with Gasteiger partial charge in [0.05, 0.1) is 0 Å². The molecule has 106 valence electrons. The van der Waals surface area contributed by atoms with Gasteiger partial charge in [0.25, 0.3) is 5.91 Å². The summed E-state index contributed by atoms with van der Waals surface area (Å²) in [5.41, 5.74) is -0.688. The number of carbonyl (C=O) groups is 4. The molecule has 1 atom stereocenters. The Morgan fingerprint density at radius 1 is 1.21 bits per heavy atom. The Bertz CT molecular complexity index is 408. The topological polar surface area (TPSA) is 92.8 Å². The van der Waals surface area contributed by atoms with E-state index in [2.05, 4.69) is 5.32 Å². The van der Waals surface area contributed by atoms with Gasteiger partial charge in [-0.15, -0.1) is 0 Å². The lowest BCUT2D eigenvalue weighted by molar-refractivity contribution is -0.150. The first-order chi connectivity index (χ1) is 8.61. The van der Waals surface area contributed by atoms with E-state index in [0.717, 1.165) is 0 Å². The summed E-state index contributed by atoms with van der Waals surface area (Å²) in [6, 6.07) is -0.999. The lowest BCUT2D eigenvalue weighted by atomic mass is 10.2. The summed E-state index contributed by atoms with van der Waals surface area (Å²) in [6.45, 7) is 6.46. The maximum atomic E-state index is 11.9. The summed E-state index contributed by atoms with van der Waals surface area (Å²) in [5.74, 6) is -1.81. The van der Waals surface area contributed by atoms with Crippen molar-refractivity contribution >= 4 is 23.8 Å². The number of hydrogen-bond acceptors (Lipinski definition) is 5. The van der Waals surface area contributed by atoms with E-state index in [1.807, 2.05) is 0 Å². The molecule has 4 amide bonds. The molecular weight excluding hydrogens is 252 g/mol. The molecule has 0 aromatic carbocycles. The van der Waals surface area contributed by atoms with Gasteiger partial charge in [-0.3, -0.25) is 14.4 Å². The summed E-state index contributed by atoms with van der Waals surface area (Å²) in [7, 11) is 0. The van der Waals surface area contributed by atoms with E-state index in [-0.39, 0.29) is 12.8 Å². The fourth-order valence-corrected chi connectivity index (χ4v) is 1.56. The van der Waals surface area contributed by atoms with Gasteiger partial charge in [-0.05, 0) is 27.7 Å². The minimum Gasteiger partial charge on any atom is -0.444 e. The number of nitrogens with zero attached hydrogens (tertiary/aromatic N) is 1. The van der Waals surface area contributed by atoms with Gasteiger partial charge >= 0.3 is 6.09 Å². The third-order valence-corrected chi connectivity index (χ3v) is 2.38. The van der Waals surface area contributed by atoms with Gasteiger partial charge in [0.2, 0.25) is 11.8 Å². The van der Waals surface area contributed by atoms with E-state index in [1.54, 1.807) is 20.8 Å². The van der Waals surface area contributed by atoms with E-state index in [0.29, 0.717) is 4.90 Å². The molecule has 0 unspecified atom stereocenters. The quantitative estimate of drug-likeness (QED) is 0.741. The molecule has 0 bridgehead atoms. The highest BCUT2D eigenvalue weighted by Crippen LogP contribution is 2.13. The molecule has 1 heterocycles. The molecule has 0 aromatic heterocycles. The van der Waals surface area contributed by atoms with Gasteiger partial charge in [-0.1, -0.05) is 0 Å². The molecule has 0 saturated carbocycles. The number of amides is 4. The van der Waals surface area contributed by atoms with Crippen LogP contribution in [-0.4, -0.2) is 40.4 Å². The number of carbonyl (C=O) groups excluding carboxylic acids is 4. The molecule has 1 aliphatic rings. The number of nitrogens with one attached hydrogen (secondary N) is 1.